The van der Waals surface area contributed by atoms with Crippen LogP contribution < -0.4 is 0 Å². The van der Waals surface area contributed by atoms with Gasteiger partial charge in [-0.15, -0.1) is 0 Å². The van der Waals surface area contributed by atoms with Crippen LogP contribution in [0.15, 0.2) is 18.5 Å². The van der Waals surface area contributed by atoms with Crippen LogP contribution in [0.5, 0.6) is 0 Å². The number of rotatable bonds is 1. The second-order valence-electron chi connectivity index (χ2n) is 5.00. The SMILES string of the molecule is CC1(O)CCCN(C(=O)c2ccncc2F)CC1. The van der Waals surface area contributed by atoms with Gasteiger partial charge in [-0.2, -0.15) is 0 Å². The molecule has 1 fully saturated rings. The molecule has 4 nitrogen and oxygen atoms in total. The molecular formula is C13H17FN2O2. The minimum Gasteiger partial charge on any atom is -0.390 e. The van der Waals surface area contributed by atoms with E-state index in [0.29, 0.717) is 25.9 Å². The molecule has 0 radical (unpaired) electrons. The van der Waals surface area contributed by atoms with Gasteiger partial charge in [0.15, 0.2) is 5.82 Å². The summed E-state index contributed by atoms with van der Waals surface area (Å²) in [6.07, 6.45) is 4.36. The van der Waals surface area contributed by atoms with Gasteiger partial charge in [0.25, 0.3) is 5.91 Å². The van der Waals surface area contributed by atoms with E-state index in [4.69, 9.17) is 0 Å². The molecule has 1 saturated heterocycles. The molecule has 0 aromatic carbocycles. The summed E-state index contributed by atoms with van der Waals surface area (Å²) in [6.45, 7) is 2.78. The topological polar surface area (TPSA) is 53.4 Å². The fourth-order valence-corrected chi connectivity index (χ4v) is 2.19. The Hall–Kier alpha value is -1.49. The predicted octanol–water partition coefficient (Wildman–Crippen LogP) is 1.60. The van der Waals surface area contributed by atoms with Crippen LogP contribution in [0.3, 0.4) is 0 Å². The van der Waals surface area contributed by atoms with Crippen LogP contribution in [0.4, 0.5) is 4.39 Å². The zero-order valence-corrected chi connectivity index (χ0v) is 10.4. The lowest BCUT2D eigenvalue weighted by Gasteiger charge is -2.22. The highest BCUT2D eigenvalue weighted by molar-refractivity contribution is 5.94. The molecule has 1 N–H and O–H groups in total. The van der Waals surface area contributed by atoms with E-state index in [9.17, 15) is 14.3 Å². The van der Waals surface area contributed by atoms with Crippen LogP contribution in [0.25, 0.3) is 0 Å². The van der Waals surface area contributed by atoms with E-state index >= 15 is 0 Å². The summed E-state index contributed by atoms with van der Waals surface area (Å²) in [7, 11) is 0. The van der Waals surface area contributed by atoms with Crippen molar-refractivity contribution in [2.45, 2.75) is 31.8 Å². The van der Waals surface area contributed by atoms with Crippen molar-refractivity contribution in [2.75, 3.05) is 13.1 Å². The molecule has 1 aromatic heterocycles. The number of carbonyl (C=O) groups is 1. The lowest BCUT2D eigenvalue weighted by atomic mass is 9.98. The van der Waals surface area contributed by atoms with Crippen LogP contribution in [-0.2, 0) is 0 Å². The van der Waals surface area contributed by atoms with Crippen molar-refractivity contribution >= 4 is 5.91 Å². The molecule has 2 heterocycles. The first-order chi connectivity index (χ1) is 8.49. The van der Waals surface area contributed by atoms with Crippen LogP contribution in [0.1, 0.15) is 36.5 Å². The first-order valence-electron chi connectivity index (χ1n) is 6.11. The Balaban J connectivity index is 2.13. The monoisotopic (exact) mass is 252 g/mol. The molecule has 1 aromatic rings. The number of likely N-dealkylation sites (tertiary alicyclic amines) is 1. The zero-order chi connectivity index (χ0) is 13.2. The Morgan fingerprint density at radius 2 is 2.28 bits per heavy atom. The van der Waals surface area contributed by atoms with Crippen molar-refractivity contribution in [3.05, 3.63) is 29.8 Å². The predicted molar refractivity (Wildman–Crippen MR) is 64.6 cm³/mol. The van der Waals surface area contributed by atoms with Crippen molar-refractivity contribution in [2.24, 2.45) is 0 Å². The van der Waals surface area contributed by atoms with Crippen molar-refractivity contribution in [3.63, 3.8) is 0 Å². The summed E-state index contributed by atoms with van der Waals surface area (Å²) in [5.74, 6) is -0.925. The number of halogens is 1. The molecule has 1 amide bonds. The highest BCUT2D eigenvalue weighted by Crippen LogP contribution is 2.22. The van der Waals surface area contributed by atoms with Crippen LogP contribution in [-0.4, -0.2) is 39.6 Å². The normalized spacial score (nSPS) is 24.7. The van der Waals surface area contributed by atoms with E-state index in [-0.39, 0.29) is 11.5 Å². The van der Waals surface area contributed by atoms with E-state index in [0.717, 1.165) is 12.6 Å². The first-order valence-corrected chi connectivity index (χ1v) is 6.11. The zero-order valence-electron chi connectivity index (χ0n) is 10.4. The lowest BCUT2D eigenvalue weighted by molar-refractivity contribution is 0.0437. The van der Waals surface area contributed by atoms with Crippen molar-refractivity contribution in [1.29, 1.82) is 0 Å². The highest BCUT2D eigenvalue weighted by atomic mass is 19.1. The number of hydrogen-bond donors (Lipinski definition) is 1. The number of aromatic nitrogens is 1. The van der Waals surface area contributed by atoms with Crippen molar-refractivity contribution in [1.82, 2.24) is 9.88 Å². The number of amides is 1. The van der Waals surface area contributed by atoms with E-state index in [1.54, 1.807) is 11.8 Å². The molecule has 98 valence electrons. The fraction of sp³-hybridized carbons (Fsp3) is 0.538. The minimum absolute atomic E-state index is 0.0477. The van der Waals surface area contributed by atoms with Gasteiger partial charge < -0.3 is 10.0 Å². The third-order valence-corrected chi connectivity index (χ3v) is 3.35. The Kier molecular flexibility index (Phi) is 3.61. The standard InChI is InChI=1S/C13H17FN2O2/c1-13(18)4-2-7-16(8-5-13)12(17)10-3-6-15-9-11(10)14/h3,6,9,18H,2,4-5,7-8H2,1H3. The summed E-state index contributed by atoms with van der Waals surface area (Å²) in [4.78, 5) is 17.4. The van der Waals surface area contributed by atoms with E-state index in [2.05, 4.69) is 4.98 Å². The molecule has 1 unspecified atom stereocenters. The van der Waals surface area contributed by atoms with Gasteiger partial charge in [-0.1, -0.05) is 0 Å². The molecule has 2 rings (SSSR count). The van der Waals surface area contributed by atoms with Gasteiger partial charge >= 0.3 is 0 Å². The maximum absolute atomic E-state index is 13.5. The van der Waals surface area contributed by atoms with E-state index in [1.807, 2.05) is 0 Å². The molecule has 0 saturated carbocycles. The van der Waals surface area contributed by atoms with Gasteiger partial charge in [-0.25, -0.2) is 4.39 Å². The first kappa shape index (κ1) is 13.0. The van der Waals surface area contributed by atoms with E-state index in [1.165, 1.54) is 12.3 Å². The summed E-state index contributed by atoms with van der Waals surface area (Å²) in [6, 6.07) is 1.39. The number of nitrogens with zero attached hydrogens (tertiary/aromatic N) is 2. The minimum atomic E-state index is -0.730. The average molecular weight is 252 g/mol. The molecule has 5 heteroatoms. The molecule has 1 aliphatic rings. The molecule has 0 bridgehead atoms. The summed E-state index contributed by atoms with van der Waals surface area (Å²) >= 11 is 0. The second-order valence-corrected chi connectivity index (χ2v) is 5.00. The molecule has 1 atom stereocenters. The average Bonchev–Trinajstić information content (AvgIpc) is 2.50. The smallest absolute Gasteiger partial charge is 0.256 e. The number of pyridine rings is 1. The summed E-state index contributed by atoms with van der Waals surface area (Å²) in [5, 5.41) is 9.96. The molecule has 18 heavy (non-hydrogen) atoms. The second kappa shape index (κ2) is 5.02. The maximum Gasteiger partial charge on any atom is 0.256 e. The highest BCUT2D eigenvalue weighted by Gasteiger charge is 2.28. The van der Waals surface area contributed by atoms with Gasteiger partial charge in [0.05, 0.1) is 17.4 Å². The Labute approximate surface area is 105 Å². The van der Waals surface area contributed by atoms with Crippen LogP contribution in [0.2, 0.25) is 0 Å². The molecule has 1 aliphatic heterocycles. The van der Waals surface area contributed by atoms with Gasteiger partial charge in [0.1, 0.15) is 0 Å². The molecular weight excluding hydrogens is 235 g/mol. The van der Waals surface area contributed by atoms with Crippen LogP contribution >= 0.6 is 0 Å². The quantitative estimate of drug-likeness (QED) is 0.826. The largest absolute Gasteiger partial charge is 0.390 e. The Morgan fingerprint density at radius 3 is 3.00 bits per heavy atom. The molecule has 0 aliphatic carbocycles. The number of hydrogen-bond acceptors (Lipinski definition) is 3. The number of carbonyl (C=O) groups excluding carboxylic acids is 1. The van der Waals surface area contributed by atoms with Gasteiger partial charge in [-0.3, -0.25) is 9.78 Å². The Morgan fingerprint density at radius 1 is 1.50 bits per heavy atom. The van der Waals surface area contributed by atoms with Gasteiger partial charge in [-0.05, 0) is 32.3 Å². The van der Waals surface area contributed by atoms with Crippen molar-refractivity contribution in [3.8, 4) is 0 Å². The van der Waals surface area contributed by atoms with Crippen LogP contribution in [0, 0.1) is 5.82 Å². The fourth-order valence-electron chi connectivity index (χ4n) is 2.19. The van der Waals surface area contributed by atoms with Gasteiger partial charge in [0.2, 0.25) is 0 Å². The number of aliphatic hydroxyl groups is 1. The third-order valence-electron chi connectivity index (χ3n) is 3.35. The van der Waals surface area contributed by atoms with Gasteiger partial charge in [0, 0.05) is 19.3 Å². The van der Waals surface area contributed by atoms with E-state index < -0.39 is 11.4 Å². The van der Waals surface area contributed by atoms with Crippen molar-refractivity contribution < 1.29 is 14.3 Å². The summed E-state index contributed by atoms with van der Waals surface area (Å²) in [5.41, 5.74) is -0.683. The molecule has 0 spiro atoms. The maximum atomic E-state index is 13.5. The third kappa shape index (κ3) is 2.85. The Bertz CT molecular complexity index is 448. The summed E-state index contributed by atoms with van der Waals surface area (Å²) < 4.78 is 13.5. The lowest BCUT2D eigenvalue weighted by Crippen LogP contribution is -2.34.